The minimum Gasteiger partial charge on any atom is -0.396 e. The van der Waals surface area contributed by atoms with Crippen LogP contribution in [-0.4, -0.2) is 31.6 Å². The summed E-state index contributed by atoms with van der Waals surface area (Å²) in [5.74, 6) is -1.61. The summed E-state index contributed by atoms with van der Waals surface area (Å²) in [5.41, 5.74) is -2.97. The zero-order valence-corrected chi connectivity index (χ0v) is 11.8. The third-order valence-corrected chi connectivity index (χ3v) is 3.75. The van der Waals surface area contributed by atoms with E-state index in [1.165, 1.54) is 23.4 Å². The van der Waals surface area contributed by atoms with Crippen molar-refractivity contribution in [3.05, 3.63) is 48.1 Å². The van der Waals surface area contributed by atoms with Gasteiger partial charge in [-0.25, -0.2) is 18.4 Å². The monoisotopic (exact) mass is 297 g/mol. The first kappa shape index (κ1) is 15.5. The fourth-order valence-electron chi connectivity index (χ4n) is 2.17. The molecule has 0 fully saturated rings. The number of halogens is 2. The van der Waals surface area contributed by atoms with Gasteiger partial charge in [0.2, 0.25) is 0 Å². The van der Waals surface area contributed by atoms with Gasteiger partial charge in [0.05, 0.1) is 13.2 Å². The van der Waals surface area contributed by atoms with E-state index in [-0.39, 0.29) is 12.1 Å². The molecule has 0 aliphatic rings. The molecule has 1 unspecified atom stereocenters. The van der Waals surface area contributed by atoms with Gasteiger partial charge in [0.1, 0.15) is 29.9 Å². The quantitative estimate of drug-likeness (QED) is 0.876. The molecule has 0 amide bonds. The Bertz CT molecular complexity index is 617. The summed E-state index contributed by atoms with van der Waals surface area (Å²) < 4.78 is 28.5. The minimum absolute atomic E-state index is 0.0987. The van der Waals surface area contributed by atoms with Gasteiger partial charge in [0, 0.05) is 17.0 Å². The van der Waals surface area contributed by atoms with E-state index in [1.807, 2.05) is 0 Å². The van der Waals surface area contributed by atoms with Gasteiger partial charge >= 0.3 is 0 Å². The fourth-order valence-corrected chi connectivity index (χ4v) is 2.17. The maximum Gasteiger partial charge on any atom is 0.137 e. The molecular formula is C14H17F2N3O2. The van der Waals surface area contributed by atoms with Crippen LogP contribution in [0.25, 0.3) is 0 Å². The topological polar surface area (TPSA) is 71.2 Å². The molecule has 1 aromatic carbocycles. The van der Waals surface area contributed by atoms with Crippen molar-refractivity contribution in [1.82, 2.24) is 14.8 Å². The Morgan fingerprint density at radius 1 is 1.29 bits per heavy atom. The lowest BCUT2D eigenvalue weighted by atomic mass is 9.71. The van der Waals surface area contributed by atoms with E-state index in [9.17, 15) is 19.0 Å². The lowest BCUT2D eigenvalue weighted by Gasteiger charge is -2.42. The van der Waals surface area contributed by atoms with Gasteiger partial charge in [-0.15, -0.1) is 0 Å². The lowest BCUT2D eigenvalue weighted by Crippen LogP contribution is -2.48. The highest BCUT2D eigenvalue weighted by Gasteiger charge is 2.47. The molecule has 2 N–H and O–H groups in total. The van der Waals surface area contributed by atoms with Crippen molar-refractivity contribution in [3.63, 3.8) is 0 Å². The highest BCUT2D eigenvalue weighted by atomic mass is 19.1. The van der Waals surface area contributed by atoms with Crippen molar-refractivity contribution in [2.24, 2.45) is 5.41 Å². The summed E-state index contributed by atoms with van der Waals surface area (Å²) in [5, 5.41) is 24.5. The summed E-state index contributed by atoms with van der Waals surface area (Å²) in [6.45, 7) is 2.66. The Hall–Kier alpha value is -1.86. The average molecular weight is 297 g/mol. The standard InChI is InChI=1S/C14H17F2N3O2/c1-13(2,7-20)14(21,6-19-9-17-8-18-19)11-4-3-10(15)5-12(11)16/h3-5,8-9,20-21H,6-7H2,1-2H3. The molecule has 2 rings (SSSR count). The molecular weight excluding hydrogens is 280 g/mol. The second-order valence-electron chi connectivity index (χ2n) is 5.62. The van der Waals surface area contributed by atoms with Crippen molar-refractivity contribution in [2.75, 3.05) is 6.61 Å². The van der Waals surface area contributed by atoms with Crippen LogP contribution in [0.1, 0.15) is 19.4 Å². The second-order valence-corrected chi connectivity index (χ2v) is 5.62. The van der Waals surface area contributed by atoms with E-state index in [0.29, 0.717) is 6.07 Å². The van der Waals surface area contributed by atoms with Crippen LogP contribution in [0.5, 0.6) is 0 Å². The van der Waals surface area contributed by atoms with Crippen LogP contribution < -0.4 is 0 Å². The molecule has 1 aromatic heterocycles. The Morgan fingerprint density at radius 2 is 2.00 bits per heavy atom. The molecule has 0 aliphatic carbocycles. The Labute approximate surface area is 120 Å². The van der Waals surface area contributed by atoms with Crippen LogP contribution >= 0.6 is 0 Å². The predicted octanol–water partition coefficient (Wildman–Crippen LogP) is 1.46. The number of rotatable bonds is 5. The normalized spacial score (nSPS) is 15.0. The van der Waals surface area contributed by atoms with Crippen LogP contribution in [0, 0.1) is 17.0 Å². The van der Waals surface area contributed by atoms with Gasteiger partial charge in [-0.3, -0.25) is 0 Å². The van der Waals surface area contributed by atoms with E-state index in [2.05, 4.69) is 10.1 Å². The van der Waals surface area contributed by atoms with E-state index in [1.54, 1.807) is 13.8 Å². The summed E-state index contributed by atoms with van der Waals surface area (Å²) in [4.78, 5) is 3.77. The fraction of sp³-hybridized carbons (Fsp3) is 0.429. The molecule has 2 aromatic rings. The Balaban J connectivity index is 2.54. The lowest BCUT2D eigenvalue weighted by molar-refractivity contribution is -0.112. The molecule has 0 aliphatic heterocycles. The van der Waals surface area contributed by atoms with Crippen molar-refractivity contribution in [3.8, 4) is 0 Å². The number of hydrogen-bond donors (Lipinski definition) is 2. The number of aromatic nitrogens is 3. The summed E-state index contributed by atoms with van der Waals surface area (Å²) in [6.07, 6.45) is 2.66. The van der Waals surface area contributed by atoms with Crippen LogP contribution in [0.4, 0.5) is 8.78 Å². The number of hydrogen-bond acceptors (Lipinski definition) is 4. The number of benzene rings is 1. The first-order chi connectivity index (χ1) is 9.80. The highest BCUT2D eigenvalue weighted by molar-refractivity contribution is 5.27. The van der Waals surface area contributed by atoms with Gasteiger partial charge in [-0.05, 0) is 6.07 Å². The summed E-state index contributed by atoms with van der Waals surface area (Å²) in [6, 6.07) is 2.95. The van der Waals surface area contributed by atoms with Crippen LogP contribution in [-0.2, 0) is 12.1 Å². The molecule has 0 spiro atoms. The van der Waals surface area contributed by atoms with E-state index in [4.69, 9.17) is 0 Å². The third kappa shape index (κ3) is 2.79. The van der Waals surface area contributed by atoms with Crippen LogP contribution in [0.15, 0.2) is 30.9 Å². The molecule has 0 radical (unpaired) electrons. The van der Waals surface area contributed by atoms with E-state index in [0.717, 1.165) is 6.07 Å². The molecule has 114 valence electrons. The molecule has 0 saturated carbocycles. The van der Waals surface area contributed by atoms with Gasteiger partial charge in [0.15, 0.2) is 0 Å². The minimum atomic E-state index is -1.78. The van der Waals surface area contributed by atoms with Crippen LogP contribution in [0.2, 0.25) is 0 Å². The van der Waals surface area contributed by atoms with Crippen molar-refractivity contribution >= 4 is 0 Å². The van der Waals surface area contributed by atoms with Crippen molar-refractivity contribution < 1.29 is 19.0 Å². The predicted molar refractivity (Wildman–Crippen MR) is 71.1 cm³/mol. The maximum atomic E-state index is 14.1. The number of nitrogens with zero attached hydrogens (tertiary/aromatic N) is 3. The molecule has 0 saturated heterocycles. The molecule has 1 heterocycles. The first-order valence-corrected chi connectivity index (χ1v) is 6.41. The van der Waals surface area contributed by atoms with Gasteiger partial charge in [-0.2, -0.15) is 5.10 Å². The van der Waals surface area contributed by atoms with Crippen LogP contribution in [0.3, 0.4) is 0 Å². The molecule has 7 heteroatoms. The third-order valence-electron chi connectivity index (χ3n) is 3.75. The SMILES string of the molecule is CC(C)(CO)C(O)(Cn1cncn1)c1ccc(F)cc1F. The number of aliphatic hydroxyl groups is 2. The first-order valence-electron chi connectivity index (χ1n) is 6.41. The molecule has 5 nitrogen and oxygen atoms in total. The van der Waals surface area contributed by atoms with Crippen molar-refractivity contribution in [2.45, 2.75) is 26.0 Å². The highest BCUT2D eigenvalue weighted by Crippen LogP contribution is 2.41. The smallest absolute Gasteiger partial charge is 0.137 e. The largest absolute Gasteiger partial charge is 0.396 e. The molecule has 1 atom stereocenters. The maximum absolute atomic E-state index is 14.1. The van der Waals surface area contributed by atoms with Gasteiger partial charge in [0.25, 0.3) is 0 Å². The van der Waals surface area contributed by atoms with E-state index < -0.39 is 29.3 Å². The molecule has 21 heavy (non-hydrogen) atoms. The number of aliphatic hydroxyl groups excluding tert-OH is 1. The second kappa shape index (κ2) is 5.50. The average Bonchev–Trinajstić information content (AvgIpc) is 2.90. The van der Waals surface area contributed by atoms with Crippen molar-refractivity contribution in [1.29, 1.82) is 0 Å². The zero-order valence-electron chi connectivity index (χ0n) is 11.8. The Kier molecular flexibility index (Phi) is 4.06. The van der Waals surface area contributed by atoms with E-state index >= 15 is 0 Å². The van der Waals surface area contributed by atoms with Gasteiger partial charge in [-0.1, -0.05) is 19.9 Å². The zero-order chi connectivity index (χ0) is 15.7. The Morgan fingerprint density at radius 3 is 2.52 bits per heavy atom. The van der Waals surface area contributed by atoms with Gasteiger partial charge < -0.3 is 10.2 Å². The summed E-state index contributed by atoms with van der Waals surface area (Å²) >= 11 is 0. The molecule has 0 bridgehead atoms. The summed E-state index contributed by atoms with van der Waals surface area (Å²) in [7, 11) is 0.